The smallest absolute Gasteiger partial charge is 0.270 e. The minimum atomic E-state index is -0.0928. The van der Waals surface area contributed by atoms with E-state index in [1.807, 2.05) is 13.0 Å². The van der Waals surface area contributed by atoms with Crippen LogP contribution in [-0.2, 0) is 6.42 Å². The van der Waals surface area contributed by atoms with Gasteiger partial charge in [0.05, 0.1) is 0 Å². The molecular formula is C20H26N4O. The summed E-state index contributed by atoms with van der Waals surface area (Å²) in [6.45, 7) is 2.64. The number of carbonyl (C=O) groups is 1. The Morgan fingerprint density at radius 3 is 2.68 bits per heavy atom. The van der Waals surface area contributed by atoms with Gasteiger partial charge in [-0.2, -0.15) is 0 Å². The molecule has 2 aromatic rings. The fourth-order valence-corrected chi connectivity index (χ4v) is 3.26. The Morgan fingerprint density at radius 1 is 1.16 bits per heavy atom. The van der Waals surface area contributed by atoms with Gasteiger partial charge in [0.2, 0.25) is 0 Å². The highest BCUT2D eigenvalue weighted by molar-refractivity contribution is 5.93. The van der Waals surface area contributed by atoms with Crippen LogP contribution in [0.1, 0.15) is 54.0 Å². The van der Waals surface area contributed by atoms with E-state index < -0.39 is 0 Å². The van der Waals surface area contributed by atoms with Crippen molar-refractivity contribution in [2.24, 2.45) is 0 Å². The number of hydrogen-bond donors (Lipinski definition) is 2. The Morgan fingerprint density at radius 2 is 1.92 bits per heavy atom. The number of amides is 1. The summed E-state index contributed by atoms with van der Waals surface area (Å²) >= 11 is 0. The van der Waals surface area contributed by atoms with Gasteiger partial charge < -0.3 is 10.6 Å². The molecule has 0 radical (unpaired) electrons. The fourth-order valence-electron chi connectivity index (χ4n) is 3.26. The molecule has 5 nitrogen and oxygen atoms in total. The van der Waals surface area contributed by atoms with Gasteiger partial charge in [-0.25, -0.2) is 9.97 Å². The molecule has 25 heavy (non-hydrogen) atoms. The number of hydrogen-bond acceptors (Lipinski definition) is 4. The maximum absolute atomic E-state index is 12.4. The van der Waals surface area contributed by atoms with Crippen LogP contribution >= 0.6 is 0 Å². The molecule has 0 spiro atoms. The summed E-state index contributed by atoms with van der Waals surface area (Å²) in [6, 6.07) is 12.5. The molecule has 0 saturated heterocycles. The normalized spacial score (nSPS) is 14.4. The first-order chi connectivity index (χ1) is 12.2. The van der Waals surface area contributed by atoms with E-state index in [9.17, 15) is 4.79 Å². The number of anilines is 1. The third-order valence-electron chi connectivity index (χ3n) is 4.55. The van der Waals surface area contributed by atoms with Crippen LogP contribution in [0.4, 0.5) is 5.82 Å². The zero-order chi connectivity index (χ0) is 17.5. The topological polar surface area (TPSA) is 66.9 Å². The third-order valence-corrected chi connectivity index (χ3v) is 4.55. The molecule has 2 N–H and O–H groups in total. The molecule has 0 atom stereocenters. The van der Waals surface area contributed by atoms with Gasteiger partial charge in [0.25, 0.3) is 5.91 Å². The van der Waals surface area contributed by atoms with Gasteiger partial charge in [-0.3, -0.25) is 4.79 Å². The van der Waals surface area contributed by atoms with E-state index in [0.717, 1.165) is 38.0 Å². The van der Waals surface area contributed by atoms with Crippen molar-refractivity contribution in [1.29, 1.82) is 0 Å². The maximum atomic E-state index is 12.4. The summed E-state index contributed by atoms with van der Waals surface area (Å²) in [6.07, 6.45) is 6.56. The zero-order valence-electron chi connectivity index (χ0n) is 14.8. The van der Waals surface area contributed by atoms with Crippen molar-refractivity contribution < 1.29 is 4.79 Å². The molecule has 1 aliphatic rings. The predicted octanol–water partition coefficient (Wildman–Crippen LogP) is 3.50. The van der Waals surface area contributed by atoms with Crippen molar-refractivity contribution >= 4 is 11.7 Å². The lowest BCUT2D eigenvalue weighted by molar-refractivity contribution is 0.0932. The number of rotatable bonds is 7. The Hall–Kier alpha value is -2.43. The van der Waals surface area contributed by atoms with E-state index in [-0.39, 0.29) is 5.91 Å². The largest absolute Gasteiger partial charge is 0.370 e. The van der Waals surface area contributed by atoms with Crippen LogP contribution in [-0.4, -0.2) is 28.5 Å². The lowest BCUT2D eigenvalue weighted by atomic mass is 10.1. The number of carbonyl (C=O) groups excluding carboxylic acids is 1. The molecule has 0 bridgehead atoms. The molecule has 0 aliphatic heterocycles. The predicted molar refractivity (Wildman–Crippen MR) is 99.7 cm³/mol. The molecule has 5 heteroatoms. The standard InChI is InChI=1S/C20H26N4O/c1-15-22-18(20(25)24-17-11-5-6-12-17)14-19(23-15)21-13-7-10-16-8-3-2-4-9-16/h2-4,8-9,14,17H,5-7,10-13H2,1H3,(H,24,25)(H,21,22,23). The van der Waals surface area contributed by atoms with Gasteiger partial charge in [-0.15, -0.1) is 0 Å². The monoisotopic (exact) mass is 338 g/mol. The lowest BCUT2D eigenvalue weighted by Gasteiger charge is -2.13. The summed E-state index contributed by atoms with van der Waals surface area (Å²) in [4.78, 5) is 21.1. The molecule has 1 amide bonds. The van der Waals surface area contributed by atoms with Gasteiger partial charge in [0, 0.05) is 18.7 Å². The van der Waals surface area contributed by atoms with E-state index in [4.69, 9.17) is 0 Å². The lowest BCUT2D eigenvalue weighted by Crippen LogP contribution is -2.33. The molecule has 1 aromatic heterocycles. The number of nitrogens with zero attached hydrogens (tertiary/aromatic N) is 2. The highest BCUT2D eigenvalue weighted by Gasteiger charge is 2.19. The molecule has 1 heterocycles. The van der Waals surface area contributed by atoms with Crippen molar-refractivity contribution in [1.82, 2.24) is 15.3 Å². The van der Waals surface area contributed by atoms with E-state index >= 15 is 0 Å². The average Bonchev–Trinajstić information content (AvgIpc) is 3.12. The van der Waals surface area contributed by atoms with Crippen LogP contribution in [0.3, 0.4) is 0 Å². The molecule has 1 aromatic carbocycles. The third kappa shape index (κ3) is 5.28. The van der Waals surface area contributed by atoms with E-state index in [0.29, 0.717) is 17.6 Å². The first kappa shape index (κ1) is 17.4. The number of nitrogens with one attached hydrogen (secondary N) is 2. The van der Waals surface area contributed by atoms with Crippen LogP contribution in [0.5, 0.6) is 0 Å². The van der Waals surface area contributed by atoms with Gasteiger partial charge in [0.1, 0.15) is 17.3 Å². The van der Waals surface area contributed by atoms with Gasteiger partial charge in [-0.1, -0.05) is 43.2 Å². The zero-order valence-corrected chi connectivity index (χ0v) is 14.8. The Kier molecular flexibility index (Phi) is 5.99. The summed E-state index contributed by atoms with van der Waals surface area (Å²) in [5.41, 5.74) is 1.78. The Bertz CT molecular complexity index is 696. The molecule has 0 unspecified atom stereocenters. The van der Waals surface area contributed by atoms with E-state index in [1.54, 1.807) is 6.07 Å². The van der Waals surface area contributed by atoms with Gasteiger partial charge in [-0.05, 0) is 38.2 Å². The number of benzene rings is 1. The van der Waals surface area contributed by atoms with Gasteiger partial charge >= 0.3 is 0 Å². The highest BCUT2D eigenvalue weighted by atomic mass is 16.1. The van der Waals surface area contributed by atoms with Crippen LogP contribution in [0, 0.1) is 6.92 Å². The SMILES string of the molecule is Cc1nc(NCCCc2ccccc2)cc(C(=O)NC2CCCC2)n1. The molecule has 1 saturated carbocycles. The van der Waals surface area contributed by atoms with Crippen molar-refractivity contribution in [3.63, 3.8) is 0 Å². The molecular weight excluding hydrogens is 312 g/mol. The highest BCUT2D eigenvalue weighted by Crippen LogP contribution is 2.18. The van der Waals surface area contributed by atoms with Crippen LogP contribution < -0.4 is 10.6 Å². The summed E-state index contributed by atoms with van der Waals surface area (Å²) < 4.78 is 0. The Labute approximate surface area is 149 Å². The second-order valence-corrected chi connectivity index (χ2v) is 6.66. The minimum Gasteiger partial charge on any atom is -0.370 e. The minimum absolute atomic E-state index is 0.0928. The second kappa shape index (κ2) is 8.60. The van der Waals surface area contributed by atoms with Crippen LogP contribution in [0.25, 0.3) is 0 Å². The van der Waals surface area contributed by atoms with Crippen molar-refractivity contribution in [2.75, 3.05) is 11.9 Å². The van der Waals surface area contributed by atoms with E-state index in [2.05, 4.69) is 44.9 Å². The summed E-state index contributed by atoms with van der Waals surface area (Å²) in [5, 5.41) is 6.39. The first-order valence-electron chi connectivity index (χ1n) is 9.15. The van der Waals surface area contributed by atoms with Crippen LogP contribution in [0.15, 0.2) is 36.4 Å². The Balaban J connectivity index is 1.52. The second-order valence-electron chi connectivity index (χ2n) is 6.66. The molecule has 1 fully saturated rings. The summed E-state index contributed by atoms with van der Waals surface area (Å²) in [7, 11) is 0. The van der Waals surface area contributed by atoms with Crippen molar-refractivity contribution in [2.45, 2.75) is 51.5 Å². The first-order valence-corrected chi connectivity index (χ1v) is 9.15. The van der Waals surface area contributed by atoms with E-state index in [1.165, 1.54) is 18.4 Å². The molecule has 3 rings (SSSR count). The van der Waals surface area contributed by atoms with Crippen molar-refractivity contribution in [3.8, 4) is 0 Å². The number of aryl methyl sites for hydroxylation is 2. The maximum Gasteiger partial charge on any atom is 0.270 e. The van der Waals surface area contributed by atoms with Gasteiger partial charge in [0.15, 0.2) is 0 Å². The summed E-state index contributed by atoms with van der Waals surface area (Å²) in [5.74, 6) is 1.24. The quantitative estimate of drug-likeness (QED) is 0.758. The van der Waals surface area contributed by atoms with Crippen LogP contribution in [0.2, 0.25) is 0 Å². The molecule has 132 valence electrons. The number of aromatic nitrogens is 2. The van der Waals surface area contributed by atoms with Crippen molar-refractivity contribution in [3.05, 3.63) is 53.5 Å². The fraction of sp³-hybridized carbons (Fsp3) is 0.450. The average molecular weight is 338 g/mol. The molecule has 1 aliphatic carbocycles.